The maximum Gasteiger partial charge on any atom is 0.407 e. The van der Waals surface area contributed by atoms with E-state index in [-0.39, 0.29) is 18.8 Å². The van der Waals surface area contributed by atoms with Crippen LogP contribution in [-0.4, -0.2) is 36.0 Å². The van der Waals surface area contributed by atoms with E-state index in [0.29, 0.717) is 14.5 Å². The van der Waals surface area contributed by atoms with Crippen LogP contribution in [0.1, 0.15) is 18.1 Å². The highest BCUT2D eigenvalue weighted by molar-refractivity contribution is 9.11. The molecule has 0 radical (unpaired) electrons. The summed E-state index contributed by atoms with van der Waals surface area (Å²) in [4.78, 5) is 24.3. The van der Waals surface area contributed by atoms with E-state index in [1.165, 1.54) is 6.21 Å². The van der Waals surface area contributed by atoms with E-state index in [1.807, 2.05) is 30.3 Å². The third-order valence-corrected chi connectivity index (χ3v) is 4.80. The maximum absolute atomic E-state index is 12.5. The van der Waals surface area contributed by atoms with Crippen molar-refractivity contribution in [1.82, 2.24) is 10.7 Å². The number of phenols is 1. The van der Waals surface area contributed by atoms with Crippen molar-refractivity contribution < 1.29 is 19.4 Å². The van der Waals surface area contributed by atoms with E-state index in [9.17, 15) is 14.7 Å². The van der Waals surface area contributed by atoms with Crippen LogP contribution in [-0.2, 0) is 16.0 Å². The fraction of sp³-hybridized carbons (Fsp3) is 0.211. The number of hydrogen-bond donors (Lipinski definition) is 3. The largest absolute Gasteiger partial charge is 0.506 e. The van der Waals surface area contributed by atoms with Crippen molar-refractivity contribution in [2.45, 2.75) is 19.4 Å². The Morgan fingerprint density at radius 1 is 1.21 bits per heavy atom. The highest BCUT2D eigenvalue weighted by Crippen LogP contribution is 2.32. The molecule has 2 rings (SSSR count). The third-order valence-electron chi connectivity index (χ3n) is 3.59. The first-order chi connectivity index (χ1) is 13.4. The summed E-state index contributed by atoms with van der Waals surface area (Å²) in [6.07, 6.45) is 1.04. The molecule has 0 aromatic heterocycles. The minimum Gasteiger partial charge on any atom is -0.506 e. The number of nitrogens with zero attached hydrogens (tertiary/aromatic N) is 1. The number of carbonyl (C=O) groups excluding carboxylic acids is 2. The van der Waals surface area contributed by atoms with Crippen LogP contribution in [0.4, 0.5) is 4.79 Å². The molecule has 1 atom stereocenters. The van der Waals surface area contributed by atoms with E-state index in [4.69, 9.17) is 4.74 Å². The average molecular weight is 513 g/mol. The lowest BCUT2D eigenvalue weighted by atomic mass is 10.1. The van der Waals surface area contributed by atoms with Crippen LogP contribution in [0.15, 0.2) is 56.5 Å². The SMILES string of the molecule is CCOC(=O)N[C@@H](Cc1ccccc1)C(=O)N/N=C\c1cc(Br)c(O)c(Br)c1. The lowest BCUT2D eigenvalue weighted by molar-refractivity contribution is -0.123. The minimum atomic E-state index is -0.850. The zero-order chi connectivity index (χ0) is 20.5. The summed E-state index contributed by atoms with van der Waals surface area (Å²) in [7, 11) is 0. The van der Waals surface area contributed by atoms with Gasteiger partial charge in [-0.1, -0.05) is 30.3 Å². The van der Waals surface area contributed by atoms with Gasteiger partial charge >= 0.3 is 6.09 Å². The topological polar surface area (TPSA) is 100 Å². The summed E-state index contributed by atoms with van der Waals surface area (Å²) in [5.41, 5.74) is 3.95. The van der Waals surface area contributed by atoms with Crippen LogP contribution >= 0.6 is 31.9 Å². The number of carbonyl (C=O) groups is 2. The highest BCUT2D eigenvalue weighted by Gasteiger charge is 2.21. The number of ether oxygens (including phenoxy) is 1. The average Bonchev–Trinajstić information content (AvgIpc) is 2.66. The smallest absolute Gasteiger partial charge is 0.407 e. The first kappa shape index (κ1) is 21.9. The Kier molecular flexibility index (Phi) is 8.46. The van der Waals surface area contributed by atoms with Crippen LogP contribution in [0.5, 0.6) is 5.75 Å². The summed E-state index contributed by atoms with van der Waals surface area (Å²) >= 11 is 6.46. The molecule has 0 aliphatic heterocycles. The van der Waals surface area contributed by atoms with Crippen LogP contribution in [0.2, 0.25) is 0 Å². The molecule has 0 fully saturated rings. The van der Waals surface area contributed by atoms with Gasteiger partial charge in [0.1, 0.15) is 11.8 Å². The predicted molar refractivity (Wildman–Crippen MR) is 113 cm³/mol. The van der Waals surface area contributed by atoms with Crippen LogP contribution < -0.4 is 10.7 Å². The van der Waals surface area contributed by atoms with Crippen molar-refractivity contribution in [3.8, 4) is 5.75 Å². The number of benzene rings is 2. The van der Waals surface area contributed by atoms with Crippen molar-refractivity contribution >= 4 is 50.1 Å². The van der Waals surface area contributed by atoms with Gasteiger partial charge in [0.2, 0.25) is 0 Å². The number of phenolic OH excluding ortho intramolecular Hbond substituents is 1. The number of rotatable bonds is 7. The monoisotopic (exact) mass is 511 g/mol. The van der Waals surface area contributed by atoms with Crippen molar-refractivity contribution in [2.24, 2.45) is 5.10 Å². The zero-order valence-electron chi connectivity index (χ0n) is 15.0. The van der Waals surface area contributed by atoms with Crippen LogP contribution in [0, 0.1) is 0 Å². The molecule has 2 aromatic rings. The molecule has 0 unspecified atom stereocenters. The highest BCUT2D eigenvalue weighted by atomic mass is 79.9. The molecule has 2 aromatic carbocycles. The lowest BCUT2D eigenvalue weighted by Crippen LogP contribution is -2.47. The van der Waals surface area contributed by atoms with Gasteiger partial charge in [0.15, 0.2) is 0 Å². The third kappa shape index (κ3) is 6.65. The second-order valence-corrected chi connectivity index (χ2v) is 7.38. The molecular weight excluding hydrogens is 494 g/mol. The molecule has 0 heterocycles. The van der Waals surface area contributed by atoms with E-state index < -0.39 is 18.0 Å². The molecule has 0 saturated carbocycles. The Hall–Kier alpha value is -2.39. The Morgan fingerprint density at radius 2 is 1.86 bits per heavy atom. The molecule has 0 aliphatic rings. The van der Waals surface area contributed by atoms with Crippen LogP contribution in [0.25, 0.3) is 0 Å². The number of aromatic hydroxyl groups is 1. The van der Waals surface area contributed by atoms with Crippen molar-refractivity contribution in [3.05, 3.63) is 62.5 Å². The number of hydrazone groups is 1. The fourth-order valence-corrected chi connectivity index (χ4v) is 3.50. The number of amides is 2. The van der Waals surface area contributed by atoms with Gasteiger partial charge in [0.25, 0.3) is 5.91 Å². The molecule has 28 heavy (non-hydrogen) atoms. The minimum absolute atomic E-state index is 0.0720. The molecule has 0 aliphatic carbocycles. The molecule has 0 spiro atoms. The molecule has 7 nitrogen and oxygen atoms in total. The number of hydrogen-bond acceptors (Lipinski definition) is 5. The first-order valence-corrected chi connectivity index (χ1v) is 9.97. The van der Waals surface area contributed by atoms with Gasteiger partial charge in [-0.15, -0.1) is 0 Å². The van der Waals surface area contributed by atoms with Crippen molar-refractivity contribution in [2.75, 3.05) is 6.61 Å². The lowest BCUT2D eigenvalue weighted by Gasteiger charge is -2.16. The maximum atomic E-state index is 12.5. The molecule has 2 amide bonds. The summed E-state index contributed by atoms with van der Waals surface area (Å²) in [6, 6.07) is 11.7. The van der Waals surface area contributed by atoms with E-state index in [2.05, 4.69) is 47.7 Å². The van der Waals surface area contributed by atoms with Crippen molar-refractivity contribution in [1.29, 1.82) is 0 Å². The molecule has 9 heteroatoms. The van der Waals surface area contributed by atoms with E-state index in [1.54, 1.807) is 19.1 Å². The number of halogens is 2. The molecule has 0 bridgehead atoms. The predicted octanol–water partition coefficient (Wildman–Crippen LogP) is 3.72. The Bertz CT molecular complexity index is 837. The zero-order valence-corrected chi connectivity index (χ0v) is 18.2. The normalized spacial score (nSPS) is 11.8. The first-order valence-electron chi connectivity index (χ1n) is 8.38. The summed E-state index contributed by atoms with van der Waals surface area (Å²) < 4.78 is 5.84. The van der Waals surface area contributed by atoms with E-state index >= 15 is 0 Å². The van der Waals surface area contributed by atoms with E-state index in [0.717, 1.165) is 5.56 Å². The van der Waals surface area contributed by atoms with Gasteiger partial charge < -0.3 is 15.2 Å². The molecular formula is C19H19Br2N3O4. The second kappa shape index (κ2) is 10.8. The Balaban J connectivity index is 2.07. The quantitative estimate of drug-likeness (QED) is 0.388. The van der Waals surface area contributed by atoms with Gasteiger partial charge in [0.05, 0.1) is 21.8 Å². The molecule has 148 valence electrons. The van der Waals surface area contributed by atoms with Gasteiger partial charge in [-0.25, -0.2) is 10.2 Å². The standard InChI is InChI=1S/C19H19Br2N3O4/c1-2-28-19(27)23-16(10-12-6-4-3-5-7-12)18(26)24-22-11-13-8-14(20)17(25)15(21)9-13/h3-9,11,16,25H,2,10H2,1H3,(H,23,27)(H,24,26)/b22-11-/t16-/m0/s1. The number of nitrogens with one attached hydrogen (secondary N) is 2. The molecule has 0 saturated heterocycles. The van der Waals surface area contributed by atoms with Gasteiger partial charge in [-0.3, -0.25) is 4.79 Å². The van der Waals surface area contributed by atoms with Gasteiger partial charge in [-0.2, -0.15) is 5.10 Å². The fourth-order valence-electron chi connectivity index (χ4n) is 2.28. The van der Waals surface area contributed by atoms with Crippen LogP contribution in [0.3, 0.4) is 0 Å². The van der Waals surface area contributed by atoms with Crippen molar-refractivity contribution in [3.63, 3.8) is 0 Å². The summed E-state index contributed by atoms with van der Waals surface area (Å²) in [6.45, 7) is 1.89. The second-order valence-electron chi connectivity index (χ2n) is 5.67. The molecule has 3 N–H and O–H groups in total. The summed E-state index contributed by atoms with van der Waals surface area (Å²) in [5.74, 6) is -0.409. The number of alkyl carbamates (subject to hydrolysis) is 1. The summed E-state index contributed by atoms with van der Waals surface area (Å²) in [5, 5.41) is 16.2. The van der Waals surface area contributed by atoms with Gasteiger partial charge in [0, 0.05) is 6.42 Å². The Morgan fingerprint density at radius 3 is 2.46 bits per heavy atom. The van der Waals surface area contributed by atoms with Gasteiger partial charge in [-0.05, 0) is 62.0 Å². The Labute approximate surface area is 179 Å².